The molecule has 2 atom stereocenters. The van der Waals surface area contributed by atoms with Crippen LogP contribution in [0.5, 0.6) is 34.5 Å². The van der Waals surface area contributed by atoms with Gasteiger partial charge in [0.25, 0.3) is 0 Å². The molecular formula is C35H32O15. The van der Waals surface area contributed by atoms with Crippen molar-refractivity contribution in [2.75, 3.05) is 7.11 Å². The fourth-order valence-corrected chi connectivity index (χ4v) is 4.92. The number of carbonyl (C=O) groups is 4. The number of rotatable bonds is 10. The second kappa shape index (κ2) is 15.6. The van der Waals surface area contributed by atoms with Crippen molar-refractivity contribution in [3.8, 4) is 34.5 Å². The molecule has 0 bridgehead atoms. The molecule has 4 rings (SSSR count). The van der Waals surface area contributed by atoms with Crippen LogP contribution < -0.4 is 0 Å². The van der Waals surface area contributed by atoms with E-state index >= 15 is 0 Å². The lowest BCUT2D eigenvalue weighted by Gasteiger charge is -2.42. The Morgan fingerprint density at radius 1 is 0.580 bits per heavy atom. The van der Waals surface area contributed by atoms with Crippen molar-refractivity contribution in [2.45, 2.75) is 36.8 Å². The summed E-state index contributed by atoms with van der Waals surface area (Å²) in [5.74, 6) is -6.92. The smallest absolute Gasteiger partial charge is 0.338 e. The Kier molecular flexibility index (Phi) is 11.4. The summed E-state index contributed by atoms with van der Waals surface area (Å²) in [5.41, 5.74) is -1.56. The molecule has 15 heteroatoms. The Bertz CT molecular complexity index is 1770. The van der Waals surface area contributed by atoms with Gasteiger partial charge in [-0.25, -0.2) is 19.2 Å². The van der Waals surface area contributed by atoms with Gasteiger partial charge >= 0.3 is 23.9 Å². The van der Waals surface area contributed by atoms with E-state index in [1.54, 1.807) is 0 Å². The molecule has 0 aromatic heterocycles. The van der Waals surface area contributed by atoms with Gasteiger partial charge in [0.1, 0.15) is 12.2 Å². The van der Waals surface area contributed by atoms with E-state index in [9.17, 15) is 54.9 Å². The third-order valence-corrected chi connectivity index (χ3v) is 7.40. The zero-order valence-electron chi connectivity index (χ0n) is 26.2. The van der Waals surface area contributed by atoms with Crippen LogP contribution >= 0.6 is 0 Å². The standard InChI is InChI=1S/C35H32O15/c1-47-34(45)35(46)17-28(48-30(42)11-5-19-2-8-22(36)25(39)14-19)33(50-32(44)13-7-21-4-10-24(38)27(41)16-21)29(18-35)49-31(43)12-6-20-3-9-23(37)26(40)15-20/h2-16,28-29,33,36-41,46H,17-18H2,1H3/t28-,29-,33?,35?/m1/s1. The van der Waals surface area contributed by atoms with Gasteiger partial charge in [0.05, 0.1) is 7.11 Å². The topological polar surface area (TPSA) is 247 Å². The summed E-state index contributed by atoms with van der Waals surface area (Å²) >= 11 is 0. The van der Waals surface area contributed by atoms with Crippen LogP contribution in [-0.2, 0) is 38.1 Å². The molecule has 0 heterocycles. The maximum atomic E-state index is 13.0. The van der Waals surface area contributed by atoms with Gasteiger partial charge < -0.3 is 54.7 Å². The van der Waals surface area contributed by atoms with Gasteiger partial charge in [-0.2, -0.15) is 0 Å². The van der Waals surface area contributed by atoms with Crippen LogP contribution in [0.25, 0.3) is 18.2 Å². The molecule has 0 spiro atoms. The SMILES string of the molecule is COC(=O)C1(O)C[C@@H](OC(=O)C=Cc2ccc(O)c(O)c2)C(OC(=O)C=Cc2ccc(O)c(O)c2)[C@H](OC(=O)C=Cc2ccc(O)c(O)c2)C1. The van der Waals surface area contributed by atoms with E-state index in [0.717, 1.165) is 43.5 Å². The summed E-state index contributed by atoms with van der Waals surface area (Å²) in [6, 6.07) is 11.1. The Morgan fingerprint density at radius 3 is 1.24 bits per heavy atom. The highest BCUT2D eigenvalue weighted by Gasteiger charge is 2.54. The van der Waals surface area contributed by atoms with Crippen molar-refractivity contribution in [1.82, 2.24) is 0 Å². The maximum Gasteiger partial charge on any atom is 0.338 e. The van der Waals surface area contributed by atoms with E-state index in [4.69, 9.17) is 18.9 Å². The maximum absolute atomic E-state index is 13.0. The number of benzene rings is 3. The van der Waals surface area contributed by atoms with Crippen molar-refractivity contribution in [2.24, 2.45) is 0 Å². The molecule has 1 saturated carbocycles. The van der Waals surface area contributed by atoms with E-state index in [-0.39, 0.29) is 16.7 Å². The Morgan fingerprint density at radius 2 is 0.920 bits per heavy atom. The third-order valence-electron chi connectivity index (χ3n) is 7.40. The van der Waals surface area contributed by atoms with Crippen molar-refractivity contribution < 1.29 is 73.9 Å². The Labute approximate surface area is 283 Å². The minimum Gasteiger partial charge on any atom is -0.504 e. The minimum absolute atomic E-state index is 0.279. The van der Waals surface area contributed by atoms with Crippen LogP contribution in [-0.4, -0.2) is 90.6 Å². The first kappa shape index (κ1) is 36.4. The fourth-order valence-electron chi connectivity index (χ4n) is 4.92. The summed E-state index contributed by atoms with van der Waals surface area (Å²) in [6.45, 7) is 0. The first-order valence-electron chi connectivity index (χ1n) is 14.7. The predicted molar refractivity (Wildman–Crippen MR) is 172 cm³/mol. The van der Waals surface area contributed by atoms with Gasteiger partial charge in [-0.1, -0.05) is 18.2 Å². The molecule has 1 aliphatic carbocycles. The van der Waals surface area contributed by atoms with Gasteiger partial charge in [0.2, 0.25) is 0 Å². The molecule has 7 N–H and O–H groups in total. The summed E-state index contributed by atoms with van der Waals surface area (Å²) < 4.78 is 21.3. The van der Waals surface area contributed by atoms with Gasteiger partial charge in [-0.3, -0.25) is 0 Å². The number of ether oxygens (including phenoxy) is 4. The lowest BCUT2D eigenvalue weighted by molar-refractivity contribution is -0.212. The summed E-state index contributed by atoms with van der Waals surface area (Å²) in [5, 5.41) is 69.1. The van der Waals surface area contributed by atoms with Crippen LogP contribution in [0.4, 0.5) is 0 Å². The highest BCUT2D eigenvalue weighted by molar-refractivity contribution is 5.89. The molecule has 0 saturated heterocycles. The number of aromatic hydroxyl groups is 6. The first-order chi connectivity index (χ1) is 23.7. The molecule has 3 aromatic rings. The Balaban J connectivity index is 1.64. The average Bonchev–Trinajstić information content (AvgIpc) is 3.07. The number of phenolic OH excluding ortho intramolecular Hbond substituents is 6. The van der Waals surface area contributed by atoms with Crippen molar-refractivity contribution >= 4 is 42.1 Å². The van der Waals surface area contributed by atoms with E-state index in [2.05, 4.69) is 0 Å². The summed E-state index contributed by atoms with van der Waals surface area (Å²) in [6.07, 6.45) is 0.251. The molecule has 1 aliphatic rings. The van der Waals surface area contributed by atoms with Crippen molar-refractivity contribution in [3.05, 3.63) is 89.5 Å². The van der Waals surface area contributed by atoms with Crippen LogP contribution in [0.2, 0.25) is 0 Å². The molecule has 0 unspecified atom stereocenters. The summed E-state index contributed by atoms with van der Waals surface area (Å²) in [4.78, 5) is 51.6. The molecule has 0 aliphatic heterocycles. The Hall–Kier alpha value is -6.48. The number of methoxy groups -OCH3 is 1. The van der Waals surface area contributed by atoms with E-state index < -0.39 is 95.1 Å². The minimum atomic E-state index is -2.40. The van der Waals surface area contributed by atoms with Crippen LogP contribution in [0, 0.1) is 0 Å². The van der Waals surface area contributed by atoms with Crippen LogP contribution in [0.15, 0.2) is 72.8 Å². The zero-order chi connectivity index (χ0) is 36.6. The molecule has 50 heavy (non-hydrogen) atoms. The van der Waals surface area contributed by atoms with Gasteiger partial charge in [-0.05, 0) is 71.3 Å². The molecule has 0 radical (unpaired) electrons. The van der Waals surface area contributed by atoms with Gasteiger partial charge in [0, 0.05) is 31.1 Å². The molecule has 15 nitrogen and oxygen atoms in total. The van der Waals surface area contributed by atoms with Crippen molar-refractivity contribution in [1.29, 1.82) is 0 Å². The van der Waals surface area contributed by atoms with Gasteiger partial charge in [-0.15, -0.1) is 0 Å². The highest BCUT2D eigenvalue weighted by Crippen LogP contribution is 2.36. The number of hydrogen-bond donors (Lipinski definition) is 7. The quantitative estimate of drug-likeness (QED) is 0.0699. The third kappa shape index (κ3) is 9.32. The molecule has 3 aromatic carbocycles. The molecular weight excluding hydrogens is 660 g/mol. The van der Waals surface area contributed by atoms with Crippen LogP contribution in [0.1, 0.15) is 29.5 Å². The van der Waals surface area contributed by atoms with Crippen molar-refractivity contribution in [3.63, 3.8) is 0 Å². The summed E-state index contributed by atoms with van der Waals surface area (Å²) in [7, 11) is 0.992. The lowest BCUT2D eigenvalue weighted by Crippen LogP contribution is -2.59. The zero-order valence-corrected chi connectivity index (χ0v) is 26.2. The number of carbonyl (C=O) groups excluding carboxylic acids is 4. The monoisotopic (exact) mass is 692 g/mol. The van der Waals surface area contributed by atoms with Crippen LogP contribution in [0.3, 0.4) is 0 Å². The van der Waals surface area contributed by atoms with E-state index in [1.165, 1.54) is 54.6 Å². The normalized spacial score (nSPS) is 20.5. The number of esters is 4. The predicted octanol–water partition coefficient (Wildman–Crippen LogP) is 2.79. The number of hydrogen-bond acceptors (Lipinski definition) is 15. The number of aliphatic hydroxyl groups is 1. The fraction of sp³-hybridized carbons (Fsp3) is 0.200. The number of phenols is 6. The van der Waals surface area contributed by atoms with E-state index in [1.807, 2.05) is 0 Å². The lowest BCUT2D eigenvalue weighted by atomic mass is 9.79. The molecule has 0 amide bonds. The van der Waals surface area contributed by atoms with E-state index in [0.29, 0.717) is 0 Å². The molecule has 262 valence electrons. The molecule has 1 fully saturated rings. The second-order valence-electron chi connectivity index (χ2n) is 11.0. The highest BCUT2D eigenvalue weighted by atomic mass is 16.6. The largest absolute Gasteiger partial charge is 0.504 e. The first-order valence-corrected chi connectivity index (χ1v) is 14.7. The van der Waals surface area contributed by atoms with Gasteiger partial charge in [0.15, 0.2) is 46.2 Å². The second-order valence-corrected chi connectivity index (χ2v) is 11.0. The average molecular weight is 693 g/mol.